The first-order valence-corrected chi connectivity index (χ1v) is 9.44. The van der Waals surface area contributed by atoms with Crippen LogP contribution in [0.1, 0.15) is 18.1 Å². The third-order valence-electron chi connectivity index (χ3n) is 4.74. The fraction of sp³-hybridized carbons (Fsp3) is 0.400. The molecule has 0 amide bonds. The molecule has 1 atom stereocenters. The molecule has 0 fully saturated rings. The highest BCUT2D eigenvalue weighted by atomic mass is 127. The van der Waals surface area contributed by atoms with Crippen LogP contribution in [0.25, 0.3) is 0 Å². The first-order valence-electron chi connectivity index (χ1n) is 9.07. The number of pyridine rings is 1. The third kappa shape index (κ3) is 5.97. The molecule has 0 spiro atoms. The Balaban J connectivity index is 0.00000261. The number of para-hydroxylation sites is 1. The number of rotatable bonds is 6. The van der Waals surface area contributed by atoms with Gasteiger partial charge in [0.2, 0.25) is 0 Å². The summed E-state index contributed by atoms with van der Waals surface area (Å²) in [5.74, 6) is 0.825. The van der Waals surface area contributed by atoms with E-state index >= 15 is 0 Å². The molecular formula is C20H27ClIN5. The van der Waals surface area contributed by atoms with Gasteiger partial charge in [-0.3, -0.25) is 4.99 Å². The van der Waals surface area contributed by atoms with Crippen LogP contribution in [0.4, 0.5) is 5.69 Å². The summed E-state index contributed by atoms with van der Waals surface area (Å²) in [4.78, 5) is 10.9. The van der Waals surface area contributed by atoms with Crippen molar-refractivity contribution in [2.75, 3.05) is 31.6 Å². The SMILES string of the molecule is CN=C(NCCc1ccc(Cl)nc1)NCC(C)N1CCc2ccccc21.I. The van der Waals surface area contributed by atoms with Gasteiger partial charge in [-0.15, -0.1) is 24.0 Å². The number of fused-ring (bicyclic) bond motifs is 1. The highest BCUT2D eigenvalue weighted by molar-refractivity contribution is 14.0. The van der Waals surface area contributed by atoms with E-state index < -0.39 is 0 Å². The van der Waals surface area contributed by atoms with E-state index in [0.717, 1.165) is 44.0 Å². The molecule has 2 aromatic rings. The number of guanidine groups is 1. The van der Waals surface area contributed by atoms with E-state index in [2.05, 4.69) is 56.7 Å². The van der Waals surface area contributed by atoms with Crippen molar-refractivity contribution >= 4 is 47.2 Å². The minimum Gasteiger partial charge on any atom is -0.366 e. The number of anilines is 1. The van der Waals surface area contributed by atoms with Crippen molar-refractivity contribution in [1.82, 2.24) is 15.6 Å². The number of benzene rings is 1. The van der Waals surface area contributed by atoms with E-state index in [4.69, 9.17) is 11.6 Å². The minimum atomic E-state index is 0. The van der Waals surface area contributed by atoms with Crippen LogP contribution in [0.2, 0.25) is 5.15 Å². The molecule has 3 rings (SSSR count). The molecular weight excluding hydrogens is 473 g/mol. The number of hydrogen-bond acceptors (Lipinski definition) is 3. The second-order valence-electron chi connectivity index (χ2n) is 6.54. The van der Waals surface area contributed by atoms with Crippen molar-refractivity contribution in [1.29, 1.82) is 0 Å². The molecule has 146 valence electrons. The van der Waals surface area contributed by atoms with Gasteiger partial charge in [-0.05, 0) is 43.0 Å². The highest BCUT2D eigenvalue weighted by Gasteiger charge is 2.22. The van der Waals surface area contributed by atoms with E-state index in [1.807, 2.05) is 18.3 Å². The fourth-order valence-electron chi connectivity index (χ4n) is 3.28. The Kier molecular flexibility index (Phi) is 8.63. The molecule has 1 aromatic heterocycles. The van der Waals surface area contributed by atoms with Crippen LogP contribution in [0.5, 0.6) is 0 Å². The first kappa shape index (κ1) is 21.8. The molecule has 0 radical (unpaired) electrons. The largest absolute Gasteiger partial charge is 0.366 e. The molecule has 0 aliphatic carbocycles. The van der Waals surface area contributed by atoms with Gasteiger partial charge >= 0.3 is 0 Å². The Hall–Kier alpha value is -1.54. The van der Waals surface area contributed by atoms with E-state index in [1.54, 1.807) is 7.05 Å². The highest BCUT2D eigenvalue weighted by Crippen LogP contribution is 2.28. The molecule has 0 saturated carbocycles. The fourth-order valence-corrected chi connectivity index (χ4v) is 3.39. The summed E-state index contributed by atoms with van der Waals surface area (Å²) in [6, 6.07) is 12.9. The number of aliphatic imine (C=N–C) groups is 1. The standard InChI is InChI=1S/C20H26ClN5.HI/c1-15(26-12-10-17-5-3-4-6-18(17)26)13-25-20(22-2)23-11-9-16-7-8-19(21)24-14-16;/h3-8,14-15H,9-13H2,1-2H3,(H2,22,23,25);1H. The summed E-state index contributed by atoms with van der Waals surface area (Å²) in [7, 11) is 1.80. The molecule has 27 heavy (non-hydrogen) atoms. The minimum absolute atomic E-state index is 0. The molecule has 2 N–H and O–H groups in total. The molecule has 1 unspecified atom stereocenters. The van der Waals surface area contributed by atoms with E-state index in [-0.39, 0.29) is 24.0 Å². The first-order chi connectivity index (χ1) is 12.7. The average molecular weight is 500 g/mol. The number of nitrogens with one attached hydrogen (secondary N) is 2. The van der Waals surface area contributed by atoms with Crippen molar-refractivity contribution in [2.45, 2.75) is 25.8 Å². The van der Waals surface area contributed by atoms with Gasteiger partial charge in [0.05, 0.1) is 0 Å². The van der Waals surface area contributed by atoms with Crippen LogP contribution < -0.4 is 15.5 Å². The summed E-state index contributed by atoms with van der Waals surface area (Å²) in [5.41, 5.74) is 3.96. The third-order valence-corrected chi connectivity index (χ3v) is 4.96. The maximum absolute atomic E-state index is 5.82. The van der Waals surface area contributed by atoms with E-state index in [9.17, 15) is 0 Å². The Bertz CT molecular complexity index is 750. The second kappa shape index (κ2) is 10.7. The van der Waals surface area contributed by atoms with Gasteiger partial charge in [0.25, 0.3) is 0 Å². The monoisotopic (exact) mass is 499 g/mol. The lowest BCUT2D eigenvalue weighted by molar-refractivity contribution is 0.625. The predicted octanol–water partition coefficient (Wildman–Crippen LogP) is 3.51. The lowest BCUT2D eigenvalue weighted by Gasteiger charge is -2.28. The summed E-state index contributed by atoms with van der Waals surface area (Å²) in [5, 5.41) is 7.31. The number of hydrogen-bond donors (Lipinski definition) is 2. The Morgan fingerprint density at radius 2 is 2.07 bits per heavy atom. The quantitative estimate of drug-likeness (QED) is 0.276. The Labute approximate surface area is 183 Å². The van der Waals surface area contributed by atoms with Gasteiger partial charge in [0.15, 0.2) is 5.96 Å². The average Bonchev–Trinajstić information content (AvgIpc) is 3.10. The van der Waals surface area contributed by atoms with Crippen LogP contribution in [-0.4, -0.2) is 43.7 Å². The van der Waals surface area contributed by atoms with Gasteiger partial charge in [0, 0.05) is 44.6 Å². The van der Waals surface area contributed by atoms with Gasteiger partial charge in [-0.1, -0.05) is 35.9 Å². The van der Waals surface area contributed by atoms with Crippen LogP contribution in [0.15, 0.2) is 47.6 Å². The van der Waals surface area contributed by atoms with Crippen molar-refractivity contribution in [3.63, 3.8) is 0 Å². The normalized spacial score (nSPS) is 14.3. The van der Waals surface area contributed by atoms with Crippen LogP contribution in [-0.2, 0) is 12.8 Å². The maximum Gasteiger partial charge on any atom is 0.191 e. The Morgan fingerprint density at radius 3 is 2.81 bits per heavy atom. The molecule has 0 saturated heterocycles. The Morgan fingerprint density at radius 1 is 1.26 bits per heavy atom. The summed E-state index contributed by atoms with van der Waals surface area (Å²) < 4.78 is 0. The van der Waals surface area contributed by atoms with Crippen LogP contribution in [0, 0.1) is 0 Å². The van der Waals surface area contributed by atoms with E-state index in [1.165, 1.54) is 11.3 Å². The lowest BCUT2D eigenvalue weighted by Crippen LogP contribution is -2.46. The van der Waals surface area contributed by atoms with Crippen molar-refractivity contribution in [3.8, 4) is 0 Å². The zero-order chi connectivity index (χ0) is 18.4. The zero-order valence-electron chi connectivity index (χ0n) is 15.8. The number of halogens is 2. The summed E-state index contributed by atoms with van der Waals surface area (Å²) in [6.45, 7) is 4.97. The molecule has 0 bridgehead atoms. The van der Waals surface area contributed by atoms with Gasteiger partial charge in [-0.2, -0.15) is 0 Å². The molecule has 1 aliphatic rings. The van der Waals surface area contributed by atoms with Crippen LogP contribution >= 0.6 is 35.6 Å². The van der Waals surface area contributed by atoms with Crippen LogP contribution in [0.3, 0.4) is 0 Å². The topological polar surface area (TPSA) is 52.6 Å². The lowest BCUT2D eigenvalue weighted by atomic mass is 10.2. The van der Waals surface area contributed by atoms with Crippen molar-refractivity contribution in [2.24, 2.45) is 4.99 Å². The van der Waals surface area contributed by atoms with Gasteiger partial charge in [-0.25, -0.2) is 4.98 Å². The smallest absolute Gasteiger partial charge is 0.191 e. The van der Waals surface area contributed by atoms with Crippen molar-refractivity contribution in [3.05, 3.63) is 58.9 Å². The molecule has 1 aliphatic heterocycles. The summed E-state index contributed by atoms with van der Waals surface area (Å²) >= 11 is 5.82. The van der Waals surface area contributed by atoms with Crippen molar-refractivity contribution < 1.29 is 0 Å². The molecule has 1 aromatic carbocycles. The number of nitrogens with zero attached hydrogens (tertiary/aromatic N) is 3. The second-order valence-corrected chi connectivity index (χ2v) is 6.93. The molecule has 2 heterocycles. The molecule has 5 nitrogen and oxygen atoms in total. The van der Waals surface area contributed by atoms with E-state index in [0.29, 0.717) is 11.2 Å². The van der Waals surface area contributed by atoms with Gasteiger partial charge in [0.1, 0.15) is 5.15 Å². The number of aromatic nitrogens is 1. The zero-order valence-corrected chi connectivity index (χ0v) is 18.9. The predicted molar refractivity (Wildman–Crippen MR) is 125 cm³/mol. The summed E-state index contributed by atoms with van der Waals surface area (Å²) in [6.07, 6.45) is 3.82. The maximum atomic E-state index is 5.82. The molecule has 7 heteroatoms. The van der Waals surface area contributed by atoms with Gasteiger partial charge < -0.3 is 15.5 Å².